The summed E-state index contributed by atoms with van der Waals surface area (Å²) in [5.41, 5.74) is 6.98. The fourth-order valence-electron chi connectivity index (χ4n) is 1.73. The van der Waals surface area contributed by atoms with Crippen molar-refractivity contribution in [1.29, 1.82) is 5.26 Å². The van der Waals surface area contributed by atoms with Gasteiger partial charge in [-0.15, -0.1) is 0 Å². The molecule has 0 aliphatic rings. The zero-order valence-corrected chi connectivity index (χ0v) is 11.7. The number of halogens is 1. The van der Waals surface area contributed by atoms with Gasteiger partial charge in [0.2, 0.25) is 0 Å². The molecule has 0 aliphatic carbocycles. The van der Waals surface area contributed by atoms with E-state index in [9.17, 15) is 4.79 Å². The zero-order chi connectivity index (χ0) is 15.2. The molecule has 0 heterocycles. The van der Waals surface area contributed by atoms with E-state index in [2.05, 4.69) is 5.32 Å². The highest BCUT2D eigenvalue weighted by Gasteiger charge is 2.08. The topological polar surface area (TPSA) is 88.1 Å². The number of nitrogens with two attached hydrogens (primary N) is 1. The molecule has 0 bridgehead atoms. The molecule has 0 atom stereocenters. The molecule has 0 aromatic heterocycles. The Bertz CT molecular complexity index is 690. The van der Waals surface area contributed by atoms with E-state index < -0.39 is 0 Å². The van der Waals surface area contributed by atoms with Crippen molar-refractivity contribution in [3.05, 3.63) is 53.1 Å². The van der Waals surface area contributed by atoms with Crippen LogP contribution in [0.5, 0.6) is 5.75 Å². The summed E-state index contributed by atoms with van der Waals surface area (Å²) in [4.78, 5) is 12.1. The number of anilines is 2. The first-order valence-corrected chi connectivity index (χ1v) is 6.43. The van der Waals surface area contributed by atoms with Gasteiger partial charge < -0.3 is 15.8 Å². The van der Waals surface area contributed by atoms with Crippen molar-refractivity contribution < 1.29 is 9.53 Å². The van der Waals surface area contributed by atoms with Gasteiger partial charge in [0.05, 0.1) is 0 Å². The predicted octanol–water partition coefficient (Wildman–Crippen LogP) is 3.08. The molecular formula is C15H12ClN3O2. The number of nitrogens with one attached hydrogen (secondary N) is 1. The van der Waals surface area contributed by atoms with E-state index in [4.69, 9.17) is 27.3 Å². The second-order valence-corrected chi connectivity index (χ2v) is 4.64. The highest BCUT2D eigenvalue weighted by Crippen LogP contribution is 2.20. The Morgan fingerprint density at radius 3 is 2.86 bits per heavy atom. The molecule has 0 aliphatic heterocycles. The molecule has 1 amide bonds. The van der Waals surface area contributed by atoms with Gasteiger partial charge in [0.25, 0.3) is 5.91 Å². The van der Waals surface area contributed by atoms with E-state index in [-0.39, 0.29) is 12.5 Å². The Morgan fingerprint density at radius 2 is 2.14 bits per heavy atom. The molecular weight excluding hydrogens is 290 g/mol. The zero-order valence-electron chi connectivity index (χ0n) is 11.0. The molecule has 0 fully saturated rings. The maximum atomic E-state index is 12.1. The maximum absolute atomic E-state index is 12.1. The fourth-order valence-corrected chi connectivity index (χ4v) is 1.97. The standard InChI is InChI=1S/C15H12ClN3O2/c16-11-6-10(7-12(18)8-11)15(20)19-13-2-1-3-14(9-13)21-5-4-17/h1-3,6-9H,5,18H2,(H,19,20). The quantitative estimate of drug-likeness (QED) is 0.849. The van der Waals surface area contributed by atoms with E-state index in [0.29, 0.717) is 27.7 Å². The van der Waals surface area contributed by atoms with Crippen LogP contribution >= 0.6 is 11.6 Å². The Balaban J connectivity index is 2.14. The van der Waals surface area contributed by atoms with Crippen LogP contribution in [-0.2, 0) is 0 Å². The molecule has 0 spiro atoms. The van der Waals surface area contributed by atoms with Gasteiger partial charge in [0.15, 0.2) is 6.61 Å². The van der Waals surface area contributed by atoms with Gasteiger partial charge >= 0.3 is 0 Å². The van der Waals surface area contributed by atoms with Gasteiger partial charge in [-0.25, -0.2) is 0 Å². The SMILES string of the molecule is N#CCOc1cccc(NC(=O)c2cc(N)cc(Cl)c2)c1. The Kier molecular flexibility index (Phi) is 4.64. The lowest BCUT2D eigenvalue weighted by molar-refractivity contribution is 0.102. The third kappa shape index (κ3) is 4.13. The summed E-state index contributed by atoms with van der Waals surface area (Å²) in [5.74, 6) is 0.168. The number of amides is 1. The van der Waals surface area contributed by atoms with Crippen molar-refractivity contribution in [3.63, 3.8) is 0 Å². The van der Waals surface area contributed by atoms with Crippen LogP contribution in [0.15, 0.2) is 42.5 Å². The summed E-state index contributed by atoms with van der Waals surface area (Å²) in [7, 11) is 0. The molecule has 2 aromatic carbocycles. The molecule has 2 aromatic rings. The van der Waals surface area contributed by atoms with Crippen LogP contribution in [0.25, 0.3) is 0 Å². The molecule has 0 unspecified atom stereocenters. The highest BCUT2D eigenvalue weighted by atomic mass is 35.5. The number of benzene rings is 2. The predicted molar refractivity (Wildman–Crippen MR) is 81.4 cm³/mol. The Labute approximate surface area is 126 Å². The number of hydrogen-bond acceptors (Lipinski definition) is 4. The van der Waals surface area contributed by atoms with Crippen LogP contribution in [-0.4, -0.2) is 12.5 Å². The van der Waals surface area contributed by atoms with Crippen LogP contribution in [0, 0.1) is 11.3 Å². The number of carbonyl (C=O) groups excluding carboxylic acids is 1. The molecule has 0 saturated heterocycles. The fraction of sp³-hybridized carbons (Fsp3) is 0.0667. The minimum absolute atomic E-state index is 0.0533. The Morgan fingerprint density at radius 1 is 1.33 bits per heavy atom. The monoisotopic (exact) mass is 301 g/mol. The third-order valence-electron chi connectivity index (χ3n) is 2.58. The van der Waals surface area contributed by atoms with Crippen LogP contribution < -0.4 is 15.8 Å². The van der Waals surface area contributed by atoms with Crippen molar-refractivity contribution in [2.45, 2.75) is 0 Å². The van der Waals surface area contributed by atoms with Gasteiger partial charge in [0.1, 0.15) is 11.8 Å². The largest absolute Gasteiger partial charge is 0.479 e. The average Bonchev–Trinajstić information content (AvgIpc) is 2.44. The van der Waals surface area contributed by atoms with Crippen LogP contribution in [0.4, 0.5) is 11.4 Å². The van der Waals surface area contributed by atoms with Gasteiger partial charge in [0, 0.05) is 28.0 Å². The van der Waals surface area contributed by atoms with Gasteiger partial charge in [-0.2, -0.15) is 5.26 Å². The molecule has 106 valence electrons. The molecule has 0 radical (unpaired) electrons. The second-order valence-electron chi connectivity index (χ2n) is 4.20. The number of hydrogen-bond donors (Lipinski definition) is 2. The first-order valence-electron chi connectivity index (χ1n) is 6.06. The van der Waals surface area contributed by atoms with Crippen molar-refractivity contribution in [3.8, 4) is 11.8 Å². The highest BCUT2D eigenvalue weighted by molar-refractivity contribution is 6.31. The molecule has 6 heteroatoms. The number of rotatable bonds is 4. The van der Waals surface area contributed by atoms with Crippen molar-refractivity contribution in [1.82, 2.24) is 0 Å². The normalized spacial score (nSPS) is 9.71. The summed E-state index contributed by atoms with van der Waals surface area (Å²) in [6.07, 6.45) is 0. The lowest BCUT2D eigenvalue weighted by atomic mass is 10.2. The van der Waals surface area contributed by atoms with E-state index in [1.807, 2.05) is 6.07 Å². The van der Waals surface area contributed by atoms with Gasteiger partial charge in [-0.3, -0.25) is 4.79 Å². The summed E-state index contributed by atoms with van der Waals surface area (Å²) in [6, 6.07) is 13.3. The number of nitriles is 1. The van der Waals surface area contributed by atoms with Crippen molar-refractivity contribution in [2.75, 3.05) is 17.7 Å². The van der Waals surface area contributed by atoms with Crippen LogP contribution in [0.1, 0.15) is 10.4 Å². The number of carbonyl (C=O) groups is 1. The lowest BCUT2D eigenvalue weighted by Gasteiger charge is -2.08. The Hall–Kier alpha value is -2.71. The first-order chi connectivity index (χ1) is 10.1. The van der Waals surface area contributed by atoms with Crippen molar-refractivity contribution >= 4 is 28.9 Å². The molecule has 0 saturated carbocycles. The average molecular weight is 302 g/mol. The van der Waals surface area contributed by atoms with Gasteiger partial charge in [-0.05, 0) is 30.3 Å². The smallest absolute Gasteiger partial charge is 0.255 e. The number of ether oxygens (including phenoxy) is 1. The van der Waals surface area contributed by atoms with Gasteiger partial charge in [-0.1, -0.05) is 17.7 Å². The van der Waals surface area contributed by atoms with E-state index in [1.54, 1.807) is 30.3 Å². The maximum Gasteiger partial charge on any atom is 0.255 e. The van der Waals surface area contributed by atoms with Crippen LogP contribution in [0.2, 0.25) is 5.02 Å². The molecule has 3 N–H and O–H groups in total. The number of nitrogen functional groups attached to an aromatic ring is 1. The van der Waals surface area contributed by atoms with E-state index in [0.717, 1.165) is 0 Å². The summed E-state index contributed by atoms with van der Waals surface area (Å²) < 4.78 is 5.17. The number of nitrogens with zero attached hydrogens (tertiary/aromatic N) is 1. The first kappa shape index (κ1) is 14.7. The molecule has 2 rings (SSSR count). The molecule has 5 nitrogen and oxygen atoms in total. The van der Waals surface area contributed by atoms with E-state index >= 15 is 0 Å². The van der Waals surface area contributed by atoms with Crippen LogP contribution in [0.3, 0.4) is 0 Å². The summed E-state index contributed by atoms with van der Waals surface area (Å²) >= 11 is 5.87. The minimum atomic E-state index is -0.332. The van der Waals surface area contributed by atoms with Crippen molar-refractivity contribution in [2.24, 2.45) is 0 Å². The second kappa shape index (κ2) is 6.64. The summed E-state index contributed by atoms with van der Waals surface area (Å²) in [5, 5.41) is 11.6. The minimum Gasteiger partial charge on any atom is -0.479 e. The lowest BCUT2D eigenvalue weighted by Crippen LogP contribution is -2.12. The molecule has 21 heavy (non-hydrogen) atoms. The third-order valence-corrected chi connectivity index (χ3v) is 2.80. The summed E-state index contributed by atoms with van der Waals surface area (Å²) in [6.45, 7) is -0.0533. The van der Waals surface area contributed by atoms with E-state index in [1.165, 1.54) is 12.1 Å².